The normalized spacial score (nSPS) is 12.7. The monoisotopic (exact) mass is 528 g/mol. The molecule has 0 spiro atoms. The number of nitrogens with one attached hydrogen (secondary N) is 1. The van der Waals surface area contributed by atoms with Gasteiger partial charge in [-0.3, -0.25) is 14.4 Å². The van der Waals surface area contributed by atoms with E-state index in [2.05, 4.69) is 10.3 Å². The molecule has 13 heteroatoms. The van der Waals surface area contributed by atoms with Gasteiger partial charge in [-0.05, 0) is 51.0 Å². The maximum atomic E-state index is 12.9. The maximum absolute atomic E-state index is 12.9. The number of carboxylic acid groups (broad SMARTS) is 2. The third kappa shape index (κ3) is 7.26. The van der Waals surface area contributed by atoms with Crippen molar-refractivity contribution >= 4 is 35.0 Å². The topological polar surface area (TPSA) is 202 Å². The van der Waals surface area contributed by atoms with Gasteiger partial charge in [0.15, 0.2) is 16.8 Å². The van der Waals surface area contributed by atoms with Gasteiger partial charge in [0.25, 0.3) is 0 Å². The molecule has 0 aromatic heterocycles. The number of aliphatic carboxylic acids is 2. The lowest BCUT2D eigenvalue weighted by Crippen LogP contribution is -2.46. The smallest absolute Gasteiger partial charge is 0.415 e. The highest BCUT2D eigenvalue weighted by molar-refractivity contribution is 5.84. The summed E-state index contributed by atoms with van der Waals surface area (Å²) in [5, 5.41) is 20.6. The zero-order chi connectivity index (χ0) is 28.0. The Hall–Kier alpha value is -4.52. The number of ether oxygens (including phenoxy) is 1. The first kappa shape index (κ1) is 28.1. The number of hydrogen-bond acceptors (Lipinski definition) is 9. The van der Waals surface area contributed by atoms with Crippen LogP contribution < -0.4 is 21.2 Å². The van der Waals surface area contributed by atoms with Crippen molar-refractivity contribution in [2.45, 2.75) is 51.2 Å². The number of benzene rings is 2. The number of carbonyl (C=O) groups excluding carboxylic acids is 2. The van der Waals surface area contributed by atoms with Gasteiger partial charge in [0.2, 0.25) is 5.91 Å². The minimum Gasteiger partial charge on any atom is -0.480 e. The minimum absolute atomic E-state index is 0.0567. The molecule has 202 valence electrons. The summed E-state index contributed by atoms with van der Waals surface area (Å²) in [6, 6.07) is 5.88. The summed E-state index contributed by atoms with van der Waals surface area (Å²) in [5.41, 5.74) is 6.41. The molecule has 0 unspecified atom stereocenters. The molecule has 0 saturated carbocycles. The van der Waals surface area contributed by atoms with Crippen LogP contribution >= 0.6 is 0 Å². The fraction of sp³-hybridized carbons (Fsp3) is 0.360. The fourth-order valence-corrected chi connectivity index (χ4v) is 3.57. The van der Waals surface area contributed by atoms with Gasteiger partial charge in [0, 0.05) is 31.1 Å². The van der Waals surface area contributed by atoms with Gasteiger partial charge in [-0.25, -0.2) is 14.6 Å². The van der Waals surface area contributed by atoms with Crippen molar-refractivity contribution in [3.05, 3.63) is 46.6 Å². The molecule has 38 heavy (non-hydrogen) atoms. The lowest BCUT2D eigenvalue weighted by atomic mass is 10.1. The number of carboxylic acids is 2. The third-order valence-corrected chi connectivity index (χ3v) is 5.68. The van der Waals surface area contributed by atoms with Crippen LogP contribution in [0, 0.1) is 0 Å². The van der Waals surface area contributed by atoms with Crippen molar-refractivity contribution in [2.75, 3.05) is 6.54 Å². The maximum Gasteiger partial charge on any atom is 0.415 e. The summed E-state index contributed by atoms with van der Waals surface area (Å²) < 4.78 is 11.2. The number of amides is 2. The summed E-state index contributed by atoms with van der Waals surface area (Å²) in [6.07, 6.45) is -1.29. The minimum atomic E-state index is -1.32. The van der Waals surface area contributed by atoms with Crippen LogP contribution in [0.25, 0.3) is 22.6 Å². The Morgan fingerprint density at radius 1 is 1.08 bits per heavy atom. The number of hydrogen-bond donors (Lipinski definition) is 4. The Morgan fingerprint density at radius 2 is 1.82 bits per heavy atom. The first-order valence-corrected chi connectivity index (χ1v) is 11.8. The lowest BCUT2D eigenvalue weighted by Gasteiger charge is -2.27. The Labute approximate surface area is 216 Å². The fourth-order valence-electron chi connectivity index (χ4n) is 3.57. The van der Waals surface area contributed by atoms with Crippen LogP contribution in [0.4, 0.5) is 4.79 Å². The van der Waals surface area contributed by atoms with Crippen LogP contribution in [-0.2, 0) is 14.4 Å². The molecule has 0 bridgehead atoms. The average molecular weight is 529 g/mol. The van der Waals surface area contributed by atoms with Gasteiger partial charge >= 0.3 is 18.0 Å². The molecule has 1 aliphatic heterocycles. The lowest BCUT2D eigenvalue weighted by molar-refractivity contribution is -0.142. The zero-order valence-electron chi connectivity index (χ0n) is 20.7. The Balaban J connectivity index is 1.66. The van der Waals surface area contributed by atoms with E-state index in [0.29, 0.717) is 16.8 Å². The van der Waals surface area contributed by atoms with Crippen LogP contribution in [0.2, 0.25) is 0 Å². The molecule has 2 amide bonds. The van der Waals surface area contributed by atoms with E-state index >= 15 is 0 Å². The molecule has 0 radical (unpaired) electrons. The van der Waals surface area contributed by atoms with Crippen LogP contribution in [0.15, 0.2) is 45.6 Å². The van der Waals surface area contributed by atoms with Gasteiger partial charge in [0.05, 0.1) is 0 Å². The van der Waals surface area contributed by atoms with E-state index in [9.17, 15) is 29.1 Å². The molecule has 1 aromatic rings. The largest absolute Gasteiger partial charge is 0.480 e. The molecule has 0 saturated heterocycles. The first-order valence-electron chi connectivity index (χ1n) is 11.8. The van der Waals surface area contributed by atoms with Gasteiger partial charge < -0.3 is 35.3 Å². The van der Waals surface area contributed by atoms with E-state index in [1.165, 1.54) is 29.2 Å². The number of fused-ring (bicyclic) bond motifs is 2. The Morgan fingerprint density at radius 3 is 2.47 bits per heavy atom. The van der Waals surface area contributed by atoms with Crippen LogP contribution in [0.5, 0.6) is 5.75 Å². The number of carbonyl (C=O) groups is 4. The number of rotatable bonds is 11. The molecule has 5 N–H and O–H groups in total. The SMILES string of the molecule is CC(C)N(CC[C@H](NC(=O)CC[C@H](N)C(=O)O)C(=O)O)C(=O)Oc1ccc2nc3ccc(=O)cc-3oc2c1. The van der Waals surface area contributed by atoms with E-state index < -0.39 is 36.0 Å². The molecule has 1 aromatic carbocycles. The predicted molar refractivity (Wildman–Crippen MR) is 134 cm³/mol. The van der Waals surface area contributed by atoms with E-state index in [0.717, 1.165) is 0 Å². The average Bonchev–Trinajstić information content (AvgIpc) is 2.84. The second-order valence-corrected chi connectivity index (χ2v) is 8.86. The summed E-state index contributed by atoms with van der Waals surface area (Å²) in [6.45, 7) is 3.38. The van der Waals surface area contributed by atoms with Crippen molar-refractivity contribution in [2.24, 2.45) is 5.73 Å². The Bertz CT molecular complexity index is 1370. The molecule has 1 aliphatic carbocycles. The third-order valence-electron chi connectivity index (χ3n) is 5.68. The summed E-state index contributed by atoms with van der Waals surface area (Å²) in [4.78, 5) is 64.8. The van der Waals surface area contributed by atoms with Crippen LogP contribution in [-0.4, -0.2) is 68.7 Å². The van der Waals surface area contributed by atoms with Crippen molar-refractivity contribution in [3.8, 4) is 17.2 Å². The standard InChI is InChI=1S/C25H28N4O9/c1-13(2)29(10-9-19(24(34)35)28-22(31)8-5-16(26)23(32)33)25(36)37-15-4-7-18-21(12-15)38-20-11-14(30)3-6-17(20)27-18/h3-4,6-7,11-13,16,19H,5,8-10,26H2,1-2H3,(H,28,31)(H,32,33)(H,34,35)/t16-,19-/m0/s1. The summed E-state index contributed by atoms with van der Waals surface area (Å²) >= 11 is 0. The van der Waals surface area contributed by atoms with Gasteiger partial charge in [-0.1, -0.05) is 0 Å². The molecular weight excluding hydrogens is 500 g/mol. The molecule has 2 aliphatic rings. The van der Waals surface area contributed by atoms with Crippen molar-refractivity contribution in [3.63, 3.8) is 0 Å². The van der Waals surface area contributed by atoms with E-state index in [4.69, 9.17) is 20.0 Å². The van der Waals surface area contributed by atoms with Crippen LogP contribution in [0.1, 0.15) is 33.1 Å². The second kappa shape index (κ2) is 12.1. The van der Waals surface area contributed by atoms with Gasteiger partial charge in [-0.2, -0.15) is 0 Å². The zero-order valence-corrected chi connectivity index (χ0v) is 20.7. The summed E-state index contributed by atoms with van der Waals surface area (Å²) in [7, 11) is 0. The highest BCUT2D eigenvalue weighted by Crippen LogP contribution is 2.26. The number of nitrogens with zero attached hydrogens (tertiary/aromatic N) is 2. The summed E-state index contributed by atoms with van der Waals surface area (Å²) in [5.74, 6) is -2.81. The molecule has 0 fully saturated rings. The molecule has 13 nitrogen and oxygen atoms in total. The van der Waals surface area contributed by atoms with Crippen molar-refractivity contribution in [1.29, 1.82) is 0 Å². The number of aromatic nitrogens is 1. The second-order valence-electron chi connectivity index (χ2n) is 8.86. The molecular formula is C25H28N4O9. The van der Waals surface area contributed by atoms with Crippen LogP contribution in [0.3, 0.4) is 0 Å². The van der Waals surface area contributed by atoms with E-state index in [-0.39, 0.29) is 48.8 Å². The highest BCUT2D eigenvalue weighted by atomic mass is 16.6. The Kier molecular flexibility index (Phi) is 8.97. The van der Waals surface area contributed by atoms with Crippen molar-refractivity contribution in [1.82, 2.24) is 15.2 Å². The quantitative estimate of drug-likeness (QED) is 0.263. The van der Waals surface area contributed by atoms with E-state index in [1.807, 2.05) is 0 Å². The van der Waals surface area contributed by atoms with Crippen molar-refractivity contribution < 1.29 is 38.5 Å². The highest BCUT2D eigenvalue weighted by Gasteiger charge is 2.26. The molecule has 1 heterocycles. The predicted octanol–water partition coefficient (Wildman–Crippen LogP) is 1.65. The van der Waals surface area contributed by atoms with E-state index in [1.54, 1.807) is 26.0 Å². The number of nitrogens with two attached hydrogens (primary N) is 1. The van der Waals surface area contributed by atoms with Gasteiger partial charge in [0.1, 0.15) is 29.0 Å². The first-order chi connectivity index (χ1) is 17.9. The molecule has 3 rings (SSSR count). The molecule has 2 atom stereocenters. The van der Waals surface area contributed by atoms with Gasteiger partial charge in [-0.15, -0.1) is 0 Å².